The highest BCUT2D eigenvalue weighted by molar-refractivity contribution is 7.10. The number of nitrogens with one attached hydrogen (secondary N) is 1. The van der Waals surface area contributed by atoms with Crippen molar-refractivity contribution in [3.8, 4) is 0 Å². The second kappa shape index (κ2) is 6.88. The molecule has 0 bridgehead atoms. The minimum Gasteiger partial charge on any atom is -0.305 e. The van der Waals surface area contributed by atoms with Crippen LogP contribution in [0.3, 0.4) is 0 Å². The van der Waals surface area contributed by atoms with Gasteiger partial charge < -0.3 is 5.32 Å². The fourth-order valence-electron chi connectivity index (χ4n) is 2.71. The first-order valence-corrected chi connectivity index (χ1v) is 8.49. The largest absolute Gasteiger partial charge is 0.305 e. The van der Waals surface area contributed by atoms with Gasteiger partial charge in [0.05, 0.1) is 0 Å². The fraction of sp³-hybridized carbons (Fsp3) is 0.263. The second-order valence-electron chi connectivity index (χ2n) is 5.42. The Bertz CT molecular complexity index is 688. The molecule has 3 aromatic rings. The van der Waals surface area contributed by atoms with Gasteiger partial charge in [-0.15, -0.1) is 11.3 Å². The number of hydrogen-bond acceptors (Lipinski definition) is 2. The van der Waals surface area contributed by atoms with Crippen LogP contribution >= 0.6 is 11.3 Å². The molecular weight excluding hydrogens is 274 g/mol. The van der Waals surface area contributed by atoms with Crippen molar-refractivity contribution in [1.82, 2.24) is 5.32 Å². The quantitative estimate of drug-likeness (QED) is 0.630. The molecule has 0 aliphatic heterocycles. The summed E-state index contributed by atoms with van der Waals surface area (Å²) >= 11 is 1.85. The van der Waals surface area contributed by atoms with E-state index in [1.807, 2.05) is 11.3 Å². The zero-order valence-electron chi connectivity index (χ0n) is 12.4. The first-order chi connectivity index (χ1) is 10.4. The van der Waals surface area contributed by atoms with Crippen molar-refractivity contribution in [2.45, 2.75) is 32.4 Å². The average molecular weight is 295 g/mol. The van der Waals surface area contributed by atoms with Gasteiger partial charge in [0.2, 0.25) is 0 Å². The molecule has 0 spiro atoms. The lowest BCUT2D eigenvalue weighted by Crippen LogP contribution is -2.19. The fourth-order valence-corrected chi connectivity index (χ4v) is 3.55. The molecule has 1 N–H and O–H groups in total. The predicted octanol–water partition coefficient (Wildman–Crippen LogP) is 5.53. The van der Waals surface area contributed by atoms with Crippen molar-refractivity contribution < 1.29 is 0 Å². The highest BCUT2D eigenvalue weighted by atomic mass is 32.1. The summed E-state index contributed by atoms with van der Waals surface area (Å²) in [6.45, 7) is 3.17. The van der Waals surface area contributed by atoms with E-state index in [0.29, 0.717) is 6.04 Å². The standard InChI is InChI=1S/C19H21NS/c1-2-6-18(19-9-5-12-21-19)20-14-15-10-11-16-7-3-4-8-17(16)13-15/h3-5,7-13,18,20H,2,6,14H2,1H3. The smallest absolute Gasteiger partial charge is 0.0417 e. The lowest BCUT2D eigenvalue weighted by molar-refractivity contribution is 0.500. The maximum Gasteiger partial charge on any atom is 0.0417 e. The molecule has 1 atom stereocenters. The van der Waals surface area contributed by atoms with Crippen LogP contribution in [0.25, 0.3) is 10.8 Å². The molecule has 0 radical (unpaired) electrons. The van der Waals surface area contributed by atoms with Crippen LogP contribution in [0.15, 0.2) is 60.0 Å². The van der Waals surface area contributed by atoms with Gasteiger partial charge in [-0.2, -0.15) is 0 Å². The van der Waals surface area contributed by atoms with Gasteiger partial charge in [0, 0.05) is 17.5 Å². The van der Waals surface area contributed by atoms with E-state index >= 15 is 0 Å². The van der Waals surface area contributed by atoms with Gasteiger partial charge in [-0.1, -0.05) is 55.8 Å². The summed E-state index contributed by atoms with van der Waals surface area (Å²) in [6.07, 6.45) is 2.39. The number of rotatable bonds is 6. The van der Waals surface area contributed by atoms with Crippen LogP contribution in [0.1, 0.15) is 36.2 Å². The van der Waals surface area contributed by atoms with Crippen LogP contribution in [0.2, 0.25) is 0 Å². The van der Waals surface area contributed by atoms with Crippen LogP contribution in [0.5, 0.6) is 0 Å². The number of benzene rings is 2. The molecule has 2 aromatic carbocycles. The van der Waals surface area contributed by atoms with E-state index in [0.717, 1.165) is 6.54 Å². The molecule has 0 aliphatic carbocycles. The topological polar surface area (TPSA) is 12.0 Å². The number of thiophene rings is 1. The van der Waals surface area contributed by atoms with Crippen LogP contribution in [-0.4, -0.2) is 0 Å². The van der Waals surface area contributed by atoms with E-state index < -0.39 is 0 Å². The van der Waals surface area contributed by atoms with Crippen molar-refractivity contribution in [3.63, 3.8) is 0 Å². The summed E-state index contributed by atoms with van der Waals surface area (Å²) in [5.74, 6) is 0. The van der Waals surface area contributed by atoms with E-state index in [-0.39, 0.29) is 0 Å². The van der Waals surface area contributed by atoms with Gasteiger partial charge >= 0.3 is 0 Å². The first-order valence-electron chi connectivity index (χ1n) is 7.61. The molecule has 1 nitrogen and oxygen atoms in total. The lowest BCUT2D eigenvalue weighted by atomic mass is 10.1. The van der Waals surface area contributed by atoms with Gasteiger partial charge in [-0.25, -0.2) is 0 Å². The van der Waals surface area contributed by atoms with E-state index in [2.05, 4.69) is 72.2 Å². The highest BCUT2D eigenvalue weighted by Gasteiger charge is 2.10. The molecule has 0 saturated carbocycles. The van der Waals surface area contributed by atoms with Crippen LogP contribution in [0, 0.1) is 0 Å². The summed E-state index contributed by atoms with van der Waals surface area (Å²) in [5, 5.41) is 8.51. The Morgan fingerprint density at radius 3 is 2.62 bits per heavy atom. The Hall–Kier alpha value is -1.64. The SMILES string of the molecule is CCCC(NCc1ccc2ccccc2c1)c1cccs1. The highest BCUT2D eigenvalue weighted by Crippen LogP contribution is 2.24. The summed E-state index contributed by atoms with van der Waals surface area (Å²) in [4.78, 5) is 1.44. The Morgan fingerprint density at radius 2 is 1.86 bits per heavy atom. The summed E-state index contributed by atoms with van der Waals surface area (Å²) in [6, 6.07) is 20.1. The van der Waals surface area contributed by atoms with Gasteiger partial charge in [0.1, 0.15) is 0 Å². The minimum absolute atomic E-state index is 0.474. The van der Waals surface area contributed by atoms with Crippen molar-refractivity contribution >= 4 is 22.1 Å². The van der Waals surface area contributed by atoms with Gasteiger partial charge in [-0.05, 0) is 40.3 Å². The van der Waals surface area contributed by atoms with E-state index in [1.54, 1.807) is 0 Å². The molecule has 3 rings (SSSR count). The molecule has 1 unspecified atom stereocenters. The molecule has 1 aromatic heterocycles. The molecular formula is C19H21NS. The predicted molar refractivity (Wildman–Crippen MR) is 92.8 cm³/mol. The molecule has 0 saturated heterocycles. The molecule has 108 valence electrons. The zero-order valence-corrected chi connectivity index (χ0v) is 13.2. The Morgan fingerprint density at radius 1 is 1.00 bits per heavy atom. The molecule has 21 heavy (non-hydrogen) atoms. The van der Waals surface area contributed by atoms with Crippen LogP contribution in [-0.2, 0) is 6.54 Å². The lowest BCUT2D eigenvalue weighted by Gasteiger charge is -2.17. The van der Waals surface area contributed by atoms with Gasteiger partial charge in [-0.3, -0.25) is 0 Å². The van der Waals surface area contributed by atoms with Crippen molar-refractivity contribution in [3.05, 3.63) is 70.4 Å². The van der Waals surface area contributed by atoms with Gasteiger partial charge in [0.25, 0.3) is 0 Å². The maximum atomic E-state index is 3.71. The summed E-state index contributed by atoms with van der Waals surface area (Å²) in [5.41, 5.74) is 1.35. The molecule has 0 aliphatic rings. The van der Waals surface area contributed by atoms with Crippen LogP contribution in [0.4, 0.5) is 0 Å². The van der Waals surface area contributed by atoms with E-state index in [4.69, 9.17) is 0 Å². The normalized spacial score (nSPS) is 12.6. The summed E-state index contributed by atoms with van der Waals surface area (Å²) in [7, 11) is 0. The Kier molecular flexibility index (Phi) is 4.69. The van der Waals surface area contributed by atoms with Crippen molar-refractivity contribution in [2.75, 3.05) is 0 Å². The molecule has 0 fully saturated rings. The second-order valence-corrected chi connectivity index (χ2v) is 6.40. The van der Waals surface area contributed by atoms with E-state index in [9.17, 15) is 0 Å². The van der Waals surface area contributed by atoms with Crippen LogP contribution < -0.4 is 5.32 Å². The maximum absolute atomic E-state index is 3.71. The molecule has 2 heteroatoms. The summed E-state index contributed by atoms with van der Waals surface area (Å²) < 4.78 is 0. The Labute approximate surface area is 130 Å². The average Bonchev–Trinajstić information content (AvgIpc) is 3.05. The third-order valence-electron chi connectivity index (χ3n) is 3.83. The third-order valence-corrected chi connectivity index (χ3v) is 4.82. The van der Waals surface area contributed by atoms with Gasteiger partial charge in [0.15, 0.2) is 0 Å². The first kappa shape index (κ1) is 14.3. The number of fused-ring (bicyclic) bond motifs is 1. The number of hydrogen-bond donors (Lipinski definition) is 1. The minimum atomic E-state index is 0.474. The van der Waals surface area contributed by atoms with Crippen molar-refractivity contribution in [2.24, 2.45) is 0 Å². The monoisotopic (exact) mass is 295 g/mol. The zero-order chi connectivity index (χ0) is 14.5. The van der Waals surface area contributed by atoms with E-state index in [1.165, 1.54) is 34.1 Å². The Balaban J connectivity index is 1.72. The molecule has 0 amide bonds. The molecule has 1 heterocycles. The third kappa shape index (κ3) is 3.52. The van der Waals surface area contributed by atoms with Crippen molar-refractivity contribution in [1.29, 1.82) is 0 Å².